The molecule has 2 heterocycles. The minimum absolute atomic E-state index is 0.144. The van der Waals surface area contributed by atoms with Crippen LogP contribution in [0.3, 0.4) is 0 Å². The smallest absolute Gasteiger partial charge is 0.280 e. The normalized spacial score (nSPS) is 23.9. The van der Waals surface area contributed by atoms with Crippen LogP contribution in [0.25, 0.3) is 0 Å². The summed E-state index contributed by atoms with van der Waals surface area (Å²) in [6.45, 7) is 3.33. The topological polar surface area (TPSA) is 79.8 Å². The monoisotopic (exact) mass is 334 g/mol. The van der Waals surface area contributed by atoms with Gasteiger partial charge in [0, 0.05) is 18.9 Å². The third-order valence-corrected chi connectivity index (χ3v) is 4.45. The van der Waals surface area contributed by atoms with Crippen LogP contribution >= 0.6 is 0 Å². The van der Waals surface area contributed by atoms with Gasteiger partial charge in [-0.15, -0.1) is 0 Å². The maximum Gasteiger partial charge on any atom is 0.280 e. The van der Waals surface area contributed by atoms with Crippen molar-refractivity contribution in [2.75, 3.05) is 25.0 Å². The van der Waals surface area contributed by atoms with Crippen molar-refractivity contribution in [3.63, 3.8) is 0 Å². The van der Waals surface area contributed by atoms with E-state index in [0.717, 1.165) is 4.90 Å². The molecule has 1 aromatic heterocycles. The summed E-state index contributed by atoms with van der Waals surface area (Å²) in [4.78, 5) is 13.1. The highest BCUT2D eigenvalue weighted by atomic mass is 19.1. The summed E-state index contributed by atoms with van der Waals surface area (Å²) in [5, 5.41) is 17.2. The van der Waals surface area contributed by atoms with Crippen LogP contribution in [-0.2, 0) is 10.4 Å². The summed E-state index contributed by atoms with van der Waals surface area (Å²) in [6, 6.07) is 7.75. The Morgan fingerprint density at radius 1 is 1.42 bits per heavy atom. The zero-order valence-corrected chi connectivity index (χ0v) is 13.5. The molecule has 1 aliphatic heterocycles. The standard InChI is InChI=1S/C17H20FN3O3/c1-12-9-15(20-24-12)19-16(22)11-21-7-5-17(23,6-8-21)13-3-2-4-14(18)10-13/h2-4,9-10,23H,5-8,11H2,1H3,(H,19,20,22)/p+1. The Morgan fingerprint density at radius 3 is 2.79 bits per heavy atom. The van der Waals surface area contributed by atoms with Crippen molar-refractivity contribution in [1.29, 1.82) is 0 Å². The first kappa shape index (κ1) is 16.6. The summed E-state index contributed by atoms with van der Waals surface area (Å²) in [5.41, 5.74) is -0.422. The number of aliphatic hydroxyl groups is 1. The SMILES string of the molecule is Cc1cc(NC(=O)C[NH+]2CCC(O)(c3cccc(F)c3)CC2)no1. The van der Waals surface area contributed by atoms with Crippen LogP contribution in [0.5, 0.6) is 0 Å². The summed E-state index contributed by atoms with van der Waals surface area (Å²) in [5.74, 6) is 0.549. The number of anilines is 1. The third kappa shape index (κ3) is 3.80. The number of aromatic nitrogens is 1. The van der Waals surface area contributed by atoms with Gasteiger partial charge in [0.25, 0.3) is 5.91 Å². The van der Waals surface area contributed by atoms with Crippen molar-refractivity contribution in [2.24, 2.45) is 0 Å². The molecular formula is C17H21FN3O3+. The number of benzene rings is 1. The number of hydrogen-bond acceptors (Lipinski definition) is 4. The van der Waals surface area contributed by atoms with E-state index in [1.54, 1.807) is 25.1 Å². The molecule has 3 rings (SSSR count). The highest BCUT2D eigenvalue weighted by Gasteiger charge is 2.37. The fraction of sp³-hybridized carbons (Fsp3) is 0.412. The fourth-order valence-corrected chi connectivity index (χ4v) is 3.10. The summed E-state index contributed by atoms with van der Waals surface area (Å²) >= 11 is 0. The lowest BCUT2D eigenvalue weighted by Crippen LogP contribution is -3.14. The number of carbonyl (C=O) groups is 1. The molecule has 2 aromatic rings. The molecule has 1 aliphatic rings. The molecule has 1 aromatic carbocycles. The lowest BCUT2D eigenvalue weighted by Gasteiger charge is -2.36. The van der Waals surface area contributed by atoms with E-state index in [-0.39, 0.29) is 11.7 Å². The molecule has 7 heteroatoms. The molecule has 128 valence electrons. The maximum atomic E-state index is 13.4. The molecule has 0 atom stereocenters. The average molecular weight is 334 g/mol. The first-order valence-corrected chi connectivity index (χ1v) is 8.00. The van der Waals surface area contributed by atoms with Crippen molar-refractivity contribution in [2.45, 2.75) is 25.4 Å². The van der Waals surface area contributed by atoms with Crippen molar-refractivity contribution < 1.29 is 23.7 Å². The second-order valence-electron chi connectivity index (χ2n) is 6.34. The third-order valence-electron chi connectivity index (χ3n) is 4.45. The molecule has 6 nitrogen and oxygen atoms in total. The van der Waals surface area contributed by atoms with Crippen LogP contribution in [0.4, 0.5) is 10.2 Å². The van der Waals surface area contributed by atoms with Crippen molar-refractivity contribution in [3.05, 3.63) is 47.5 Å². The quantitative estimate of drug-likeness (QED) is 0.766. The second-order valence-corrected chi connectivity index (χ2v) is 6.34. The molecule has 0 unspecified atom stereocenters. The summed E-state index contributed by atoms with van der Waals surface area (Å²) < 4.78 is 18.3. The number of likely N-dealkylation sites (tertiary alicyclic amines) is 1. The first-order chi connectivity index (χ1) is 11.4. The van der Waals surface area contributed by atoms with Crippen molar-refractivity contribution in [1.82, 2.24) is 5.16 Å². The average Bonchev–Trinajstić information content (AvgIpc) is 2.95. The Bertz CT molecular complexity index is 723. The highest BCUT2D eigenvalue weighted by Crippen LogP contribution is 2.29. The van der Waals surface area contributed by atoms with Gasteiger partial charge in [0.1, 0.15) is 17.2 Å². The predicted octanol–water partition coefficient (Wildman–Crippen LogP) is 0.627. The van der Waals surface area contributed by atoms with E-state index in [0.29, 0.717) is 49.6 Å². The van der Waals surface area contributed by atoms with E-state index in [9.17, 15) is 14.3 Å². The first-order valence-electron chi connectivity index (χ1n) is 8.00. The van der Waals surface area contributed by atoms with Crippen LogP contribution in [0.2, 0.25) is 0 Å². The molecule has 1 fully saturated rings. The zero-order valence-electron chi connectivity index (χ0n) is 13.5. The lowest BCUT2D eigenvalue weighted by molar-refractivity contribution is -0.899. The molecule has 1 saturated heterocycles. The Labute approximate surface area is 139 Å². The van der Waals surface area contributed by atoms with Gasteiger partial charge in [-0.2, -0.15) is 0 Å². The van der Waals surface area contributed by atoms with E-state index in [1.165, 1.54) is 12.1 Å². The maximum absolute atomic E-state index is 13.4. The van der Waals surface area contributed by atoms with Crippen LogP contribution in [0, 0.1) is 12.7 Å². The van der Waals surface area contributed by atoms with Crippen LogP contribution in [-0.4, -0.2) is 35.8 Å². The van der Waals surface area contributed by atoms with Gasteiger partial charge < -0.3 is 19.8 Å². The molecule has 0 radical (unpaired) electrons. The Kier molecular flexibility index (Phi) is 4.64. The van der Waals surface area contributed by atoms with Gasteiger partial charge in [0.15, 0.2) is 12.4 Å². The molecule has 0 aliphatic carbocycles. The number of carbonyl (C=O) groups excluding carboxylic acids is 1. The molecule has 24 heavy (non-hydrogen) atoms. The number of amides is 1. The number of hydrogen-bond donors (Lipinski definition) is 3. The number of quaternary nitrogens is 1. The van der Waals surface area contributed by atoms with Gasteiger partial charge in [-0.25, -0.2) is 4.39 Å². The Hall–Kier alpha value is -2.25. The van der Waals surface area contributed by atoms with Gasteiger partial charge in [-0.1, -0.05) is 17.3 Å². The van der Waals surface area contributed by atoms with Gasteiger partial charge in [-0.3, -0.25) is 4.79 Å². The van der Waals surface area contributed by atoms with Gasteiger partial charge in [-0.05, 0) is 24.6 Å². The lowest BCUT2D eigenvalue weighted by atomic mass is 9.84. The van der Waals surface area contributed by atoms with Gasteiger partial charge >= 0.3 is 0 Å². The van der Waals surface area contributed by atoms with E-state index >= 15 is 0 Å². The van der Waals surface area contributed by atoms with Crippen molar-refractivity contribution in [3.8, 4) is 0 Å². The molecule has 3 N–H and O–H groups in total. The minimum Gasteiger partial charge on any atom is -0.385 e. The molecular weight excluding hydrogens is 313 g/mol. The zero-order chi connectivity index (χ0) is 17.2. The number of halogens is 1. The second kappa shape index (κ2) is 6.70. The van der Waals surface area contributed by atoms with Gasteiger partial charge in [0.2, 0.25) is 0 Å². The minimum atomic E-state index is -1.02. The summed E-state index contributed by atoms with van der Waals surface area (Å²) in [6.07, 6.45) is 0.976. The summed E-state index contributed by atoms with van der Waals surface area (Å²) in [7, 11) is 0. The van der Waals surface area contributed by atoms with E-state index in [2.05, 4.69) is 10.5 Å². The number of nitrogens with one attached hydrogen (secondary N) is 2. The largest absolute Gasteiger partial charge is 0.385 e. The van der Waals surface area contributed by atoms with E-state index in [4.69, 9.17) is 4.52 Å². The van der Waals surface area contributed by atoms with Crippen molar-refractivity contribution >= 4 is 11.7 Å². The number of nitrogens with zero attached hydrogens (tertiary/aromatic N) is 1. The van der Waals surface area contributed by atoms with E-state index in [1.807, 2.05) is 0 Å². The van der Waals surface area contributed by atoms with Crippen LogP contribution in [0.15, 0.2) is 34.9 Å². The number of piperidine rings is 1. The predicted molar refractivity (Wildman–Crippen MR) is 85.0 cm³/mol. The van der Waals surface area contributed by atoms with Gasteiger partial charge in [0.05, 0.1) is 13.1 Å². The molecule has 0 saturated carbocycles. The Morgan fingerprint density at radius 2 is 2.17 bits per heavy atom. The fourth-order valence-electron chi connectivity index (χ4n) is 3.10. The van der Waals surface area contributed by atoms with Crippen LogP contribution < -0.4 is 10.2 Å². The molecule has 0 spiro atoms. The number of rotatable bonds is 4. The number of aryl methyl sites for hydroxylation is 1. The van der Waals surface area contributed by atoms with E-state index < -0.39 is 5.60 Å². The highest BCUT2D eigenvalue weighted by molar-refractivity contribution is 5.90. The molecule has 1 amide bonds. The molecule has 0 bridgehead atoms. The van der Waals surface area contributed by atoms with Crippen LogP contribution in [0.1, 0.15) is 24.2 Å². The Balaban J connectivity index is 1.54.